The first-order valence-electron chi connectivity index (χ1n) is 6.80. The van der Waals surface area contributed by atoms with Crippen molar-refractivity contribution in [3.63, 3.8) is 0 Å². The lowest BCUT2D eigenvalue weighted by Gasteiger charge is -2.27. The summed E-state index contributed by atoms with van der Waals surface area (Å²) in [5.74, 6) is 0.901. The van der Waals surface area contributed by atoms with Crippen LogP contribution in [0.2, 0.25) is 0 Å². The van der Waals surface area contributed by atoms with E-state index in [2.05, 4.69) is 55.1 Å². The molecule has 0 saturated carbocycles. The summed E-state index contributed by atoms with van der Waals surface area (Å²) >= 11 is 0. The molecule has 0 saturated heterocycles. The molecule has 0 bridgehead atoms. The predicted octanol–water partition coefficient (Wildman–Crippen LogP) is 2.30. The number of rotatable bonds is 7. The second kappa shape index (κ2) is 12.0. The van der Waals surface area contributed by atoms with Gasteiger partial charge in [-0.15, -0.1) is 24.0 Å². The van der Waals surface area contributed by atoms with Crippen LogP contribution in [0.4, 0.5) is 0 Å². The Morgan fingerprint density at radius 2 is 1.72 bits per heavy atom. The summed E-state index contributed by atoms with van der Waals surface area (Å²) < 4.78 is 0. The Kier molecular flexibility index (Phi) is 13.5. The molecule has 0 radical (unpaired) electrons. The normalized spacial score (nSPS) is 14.9. The SMILES string of the molecule is CCC(C)NC(=NC)NCC(C)N(CC)CC.I. The Labute approximate surface area is 130 Å². The number of nitrogens with zero attached hydrogens (tertiary/aromatic N) is 2. The van der Waals surface area contributed by atoms with Crippen molar-refractivity contribution in [2.24, 2.45) is 4.99 Å². The van der Waals surface area contributed by atoms with Gasteiger partial charge in [0.1, 0.15) is 0 Å². The first kappa shape index (κ1) is 20.3. The molecule has 0 fully saturated rings. The van der Waals surface area contributed by atoms with Gasteiger partial charge in [-0.3, -0.25) is 9.89 Å². The second-order valence-corrected chi connectivity index (χ2v) is 4.48. The highest BCUT2D eigenvalue weighted by Crippen LogP contribution is 1.96. The van der Waals surface area contributed by atoms with Crippen LogP contribution in [0, 0.1) is 0 Å². The quantitative estimate of drug-likeness (QED) is 0.411. The van der Waals surface area contributed by atoms with Gasteiger partial charge in [0.2, 0.25) is 0 Å². The molecule has 0 aliphatic heterocycles. The number of likely N-dealkylation sites (N-methyl/N-ethyl adjacent to an activating group) is 1. The van der Waals surface area contributed by atoms with Crippen LogP contribution in [-0.4, -0.2) is 49.6 Å². The van der Waals surface area contributed by atoms with Gasteiger partial charge >= 0.3 is 0 Å². The van der Waals surface area contributed by atoms with Crippen molar-refractivity contribution >= 4 is 29.9 Å². The lowest BCUT2D eigenvalue weighted by atomic mass is 10.2. The van der Waals surface area contributed by atoms with E-state index in [0.717, 1.165) is 32.0 Å². The van der Waals surface area contributed by atoms with Gasteiger partial charge in [0.15, 0.2) is 5.96 Å². The second-order valence-electron chi connectivity index (χ2n) is 4.48. The maximum Gasteiger partial charge on any atom is 0.191 e. The summed E-state index contributed by atoms with van der Waals surface area (Å²) in [6, 6.07) is 0.991. The lowest BCUT2D eigenvalue weighted by Crippen LogP contribution is -2.47. The molecule has 0 aliphatic rings. The Hall–Kier alpha value is -0.0400. The number of nitrogens with one attached hydrogen (secondary N) is 2. The van der Waals surface area contributed by atoms with Gasteiger partial charge in [-0.2, -0.15) is 0 Å². The number of hydrogen-bond donors (Lipinski definition) is 2. The zero-order chi connectivity index (χ0) is 13.3. The van der Waals surface area contributed by atoms with Crippen LogP contribution >= 0.6 is 24.0 Å². The average molecular weight is 370 g/mol. The molecule has 5 heteroatoms. The van der Waals surface area contributed by atoms with Gasteiger partial charge in [0.05, 0.1) is 0 Å². The molecular weight excluding hydrogens is 339 g/mol. The fraction of sp³-hybridized carbons (Fsp3) is 0.923. The van der Waals surface area contributed by atoms with E-state index in [1.54, 1.807) is 0 Å². The fourth-order valence-electron chi connectivity index (χ4n) is 1.75. The number of guanidine groups is 1. The van der Waals surface area contributed by atoms with Gasteiger partial charge in [0, 0.05) is 25.7 Å². The first-order valence-corrected chi connectivity index (χ1v) is 6.80. The summed E-state index contributed by atoms with van der Waals surface area (Å²) in [6.45, 7) is 14.1. The summed E-state index contributed by atoms with van der Waals surface area (Å²) in [5.41, 5.74) is 0. The zero-order valence-electron chi connectivity index (χ0n) is 12.8. The van der Waals surface area contributed by atoms with Crippen LogP contribution in [0.5, 0.6) is 0 Å². The molecule has 110 valence electrons. The fourth-order valence-corrected chi connectivity index (χ4v) is 1.75. The van der Waals surface area contributed by atoms with Gasteiger partial charge < -0.3 is 10.6 Å². The van der Waals surface area contributed by atoms with Gasteiger partial charge in [0.25, 0.3) is 0 Å². The minimum Gasteiger partial charge on any atom is -0.355 e. The Bertz CT molecular complexity index is 217. The predicted molar refractivity (Wildman–Crippen MR) is 92.0 cm³/mol. The van der Waals surface area contributed by atoms with Crippen LogP contribution in [-0.2, 0) is 0 Å². The Balaban J connectivity index is 0. The molecule has 2 N–H and O–H groups in total. The summed E-state index contributed by atoms with van der Waals surface area (Å²) in [6.07, 6.45) is 1.10. The zero-order valence-corrected chi connectivity index (χ0v) is 15.1. The molecule has 0 aromatic heterocycles. The highest BCUT2D eigenvalue weighted by atomic mass is 127. The van der Waals surface area contributed by atoms with Crippen LogP contribution in [0.1, 0.15) is 41.0 Å². The van der Waals surface area contributed by atoms with E-state index in [9.17, 15) is 0 Å². The molecule has 4 nitrogen and oxygen atoms in total. The van der Waals surface area contributed by atoms with E-state index >= 15 is 0 Å². The molecule has 0 aliphatic carbocycles. The molecule has 0 aromatic carbocycles. The molecule has 0 aromatic rings. The van der Waals surface area contributed by atoms with E-state index in [1.165, 1.54) is 0 Å². The maximum atomic E-state index is 4.23. The molecule has 0 spiro atoms. The van der Waals surface area contributed by atoms with Crippen molar-refractivity contribution in [2.75, 3.05) is 26.7 Å². The molecule has 2 unspecified atom stereocenters. The smallest absolute Gasteiger partial charge is 0.191 e. The van der Waals surface area contributed by atoms with E-state index in [4.69, 9.17) is 0 Å². The molecule has 0 rings (SSSR count). The number of hydrogen-bond acceptors (Lipinski definition) is 2. The van der Waals surface area contributed by atoms with Crippen molar-refractivity contribution in [1.29, 1.82) is 0 Å². The standard InChI is InChI=1S/C13H30N4.HI/c1-7-11(4)16-13(14-6)15-10-12(5)17(8-2)9-3;/h11-12H,7-10H2,1-6H3,(H2,14,15,16);1H. The van der Waals surface area contributed by atoms with Gasteiger partial charge in [-0.05, 0) is 33.4 Å². The van der Waals surface area contributed by atoms with Crippen molar-refractivity contribution in [1.82, 2.24) is 15.5 Å². The van der Waals surface area contributed by atoms with Crippen LogP contribution in [0.15, 0.2) is 4.99 Å². The van der Waals surface area contributed by atoms with Crippen molar-refractivity contribution in [2.45, 2.75) is 53.1 Å². The molecule has 0 amide bonds. The highest BCUT2D eigenvalue weighted by molar-refractivity contribution is 14.0. The van der Waals surface area contributed by atoms with Gasteiger partial charge in [-0.1, -0.05) is 20.8 Å². The van der Waals surface area contributed by atoms with Crippen molar-refractivity contribution in [3.05, 3.63) is 0 Å². The van der Waals surface area contributed by atoms with Crippen molar-refractivity contribution in [3.8, 4) is 0 Å². The third kappa shape index (κ3) is 8.13. The summed E-state index contributed by atoms with van der Waals surface area (Å²) in [7, 11) is 1.82. The van der Waals surface area contributed by atoms with E-state index in [-0.39, 0.29) is 24.0 Å². The summed E-state index contributed by atoms with van der Waals surface area (Å²) in [5, 5.41) is 6.75. The van der Waals surface area contributed by atoms with E-state index < -0.39 is 0 Å². The van der Waals surface area contributed by atoms with E-state index in [0.29, 0.717) is 12.1 Å². The summed E-state index contributed by atoms with van der Waals surface area (Å²) in [4.78, 5) is 6.67. The third-order valence-electron chi connectivity index (χ3n) is 3.22. The molecule has 2 atom stereocenters. The molecule has 0 heterocycles. The Morgan fingerprint density at radius 3 is 2.11 bits per heavy atom. The van der Waals surface area contributed by atoms with Crippen LogP contribution < -0.4 is 10.6 Å². The van der Waals surface area contributed by atoms with Crippen LogP contribution in [0.25, 0.3) is 0 Å². The first-order chi connectivity index (χ1) is 8.08. The topological polar surface area (TPSA) is 39.7 Å². The minimum absolute atomic E-state index is 0. The molecular formula is C13H31IN4. The Morgan fingerprint density at radius 1 is 1.17 bits per heavy atom. The average Bonchev–Trinajstić information content (AvgIpc) is 2.35. The van der Waals surface area contributed by atoms with E-state index in [1.807, 2.05) is 7.05 Å². The highest BCUT2D eigenvalue weighted by Gasteiger charge is 2.10. The minimum atomic E-state index is 0. The van der Waals surface area contributed by atoms with Crippen molar-refractivity contribution < 1.29 is 0 Å². The largest absolute Gasteiger partial charge is 0.355 e. The lowest BCUT2D eigenvalue weighted by molar-refractivity contribution is 0.231. The monoisotopic (exact) mass is 370 g/mol. The number of halogens is 1. The maximum absolute atomic E-state index is 4.23. The molecule has 18 heavy (non-hydrogen) atoms. The number of aliphatic imine (C=N–C) groups is 1. The van der Waals surface area contributed by atoms with Crippen LogP contribution in [0.3, 0.4) is 0 Å². The third-order valence-corrected chi connectivity index (χ3v) is 3.22. The van der Waals surface area contributed by atoms with Gasteiger partial charge in [-0.25, -0.2) is 0 Å².